The van der Waals surface area contributed by atoms with E-state index in [0.29, 0.717) is 0 Å². The molecule has 0 aromatic carbocycles. The Morgan fingerprint density at radius 1 is 1.62 bits per heavy atom. The van der Waals surface area contributed by atoms with Crippen molar-refractivity contribution in [1.82, 2.24) is 10.3 Å². The van der Waals surface area contributed by atoms with Gasteiger partial charge in [0.15, 0.2) is 5.11 Å². The zero-order chi connectivity index (χ0) is 9.68. The van der Waals surface area contributed by atoms with E-state index in [2.05, 4.69) is 34.6 Å². The fourth-order valence-electron chi connectivity index (χ4n) is 1.37. The molecule has 5 heteroatoms. The number of thiocarbonyl (C=S) groups is 1. The number of hydrogen-bond donors (Lipinski definition) is 2. The molecule has 0 unspecified atom stereocenters. The van der Waals surface area contributed by atoms with Crippen LogP contribution in [0.3, 0.4) is 0 Å². The van der Waals surface area contributed by atoms with Crippen molar-refractivity contribution >= 4 is 23.0 Å². The summed E-state index contributed by atoms with van der Waals surface area (Å²) in [7, 11) is 0. The second-order valence-electron chi connectivity index (χ2n) is 3.09. The van der Waals surface area contributed by atoms with Crippen molar-refractivity contribution in [3.63, 3.8) is 0 Å². The Balaban J connectivity index is 2.31. The summed E-state index contributed by atoms with van der Waals surface area (Å²) >= 11 is 4.66. The fraction of sp³-hybridized carbons (Fsp3) is 0.750. The summed E-state index contributed by atoms with van der Waals surface area (Å²) in [6, 6.07) is 0. The lowest BCUT2D eigenvalue weighted by Crippen LogP contribution is -2.35. The van der Waals surface area contributed by atoms with Crippen LogP contribution in [0.4, 0.5) is 0 Å². The number of nitrogens with one attached hydrogen (secondary N) is 1. The van der Waals surface area contributed by atoms with Crippen molar-refractivity contribution in [1.29, 1.82) is 0 Å². The molecule has 1 aliphatic heterocycles. The zero-order valence-electron chi connectivity index (χ0n) is 7.92. The Morgan fingerprint density at radius 2 is 2.23 bits per heavy atom. The summed E-state index contributed by atoms with van der Waals surface area (Å²) in [6.07, 6.45) is 2.03. The number of hydrazone groups is 1. The summed E-state index contributed by atoms with van der Waals surface area (Å²) in [5, 5.41) is 4.37. The molecule has 0 amide bonds. The third kappa shape index (κ3) is 3.69. The normalized spacial score (nSPS) is 18.4. The Bertz CT molecular complexity index is 204. The molecule has 1 saturated heterocycles. The molecule has 1 fully saturated rings. The van der Waals surface area contributed by atoms with Crippen LogP contribution in [0.5, 0.6) is 0 Å². The monoisotopic (exact) mass is 200 g/mol. The molecule has 3 N–H and O–H groups in total. The lowest BCUT2D eigenvalue weighted by Gasteiger charge is -2.25. The second kappa shape index (κ2) is 5.14. The van der Waals surface area contributed by atoms with Crippen molar-refractivity contribution in [3.8, 4) is 0 Å². The molecule has 0 atom stereocenters. The molecule has 0 aliphatic carbocycles. The number of piperidine rings is 1. The van der Waals surface area contributed by atoms with Gasteiger partial charge in [0.1, 0.15) is 0 Å². The molecular formula is C8H16N4S. The van der Waals surface area contributed by atoms with Gasteiger partial charge in [0.05, 0.1) is 0 Å². The van der Waals surface area contributed by atoms with Gasteiger partial charge in [0.25, 0.3) is 0 Å². The Hall–Kier alpha value is -0.680. The summed E-state index contributed by atoms with van der Waals surface area (Å²) < 4.78 is 0. The summed E-state index contributed by atoms with van der Waals surface area (Å²) in [6.45, 7) is 5.48. The standard InChI is InChI=1S/C8H16N4S/c1-2-12-5-3-7(4-6-12)10-11-8(9)13/h2-6H2,1H3,(H3,9,11,13). The number of likely N-dealkylation sites (tertiary alicyclic amines) is 1. The zero-order valence-corrected chi connectivity index (χ0v) is 8.73. The van der Waals surface area contributed by atoms with Gasteiger partial charge < -0.3 is 10.6 Å². The van der Waals surface area contributed by atoms with Crippen molar-refractivity contribution in [2.24, 2.45) is 10.8 Å². The lowest BCUT2D eigenvalue weighted by atomic mass is 10.1. The number of nitrogens with zero attached hydrogens (tertiary/aromatic N) is 2. The Morgan fingerprint density at radius 3 is 2.69 bits per heavy atom. The average molecular weight is 200 g/mol. The van der Waals surface area contributed by atoms with E-state index in [-0.39, 0.29) is 5.11 Å². The molecule has 0 bridgehead atoms. The van der Waals surface area contributed by atoms with E-state index in [0.717, 1.165) is 38.2 Å². The van der Waals surface area contributed by atoms with Crippen LogP contribution in [0.15, 0.2) is 5.10 Å². The van der Waals surface area contributed by atoms with Gasteiger partial charge in [0.2, 0.25) is 0 Å². The minimum absolute atomic E-state index is 0.241. The van der Waals surface area contributed by atoms with E-state index in [1.165, 1.54) is 0 Å². The van der Waals surface area contributed by atoms with Crippen molar-refractivity contribution in [2.75, 3.05) is 19.6 Å². The Labute approximate surface area is 84.2 Å². The third-order valence-electron chi connectivity index (χ3n) is 2.20. The van der Waals surface area contributed by atoms with E-state index in [9.17, 15) is 0 Å². The fourth-order valence-corrected chi connectivity index (χ4v) is 1.42. The molecule has 13 heavy (non-hydrogen) atoms. The largest absolute Gasteiger partial charge is 0.375 e. The van der Waals surface area contributed by atoms with Crippen molar-refractivity contribution in [2.45, 2.75) is 19.8 Å². The first kappa shape index (κ1) is 10.4. The van der Waals surface area contributed by atoms with Crippen LogP contribution in [0.2, 0.25) is 0 Å². The summed E-state index contributed by atoms with van der Waals surface area (Å²) in [5.41, 5.74) is 9.06. The molecule has 0 aromatic heterocycles. The smallest absolute Gasteiger partial charge is 0.184 e. The molecule has 0 spiro atoms. The first-order valence-corrected chi connectivity index (χ1v) is 4.96. The van der Waals surface area contributed by atoms with Gasteiger partial charge in [-0.15, -0.1) is 0 Å². The second-order valence-corrected chi connectivity index (χ2v) is 3.53. The van der Waals surface area contributed by atoms with Crippen LogP contribution in [-0.4, -0.2) is 35.4 Å². The molecule has 0 aromatic rings. The predicted octanol–water partition coefficient (Wildman–Crippen LogP) is 0.291. The van der Waals surface area contributed by atoms with Crippen LogP contribution < -0.4 is 11.2 Å². The van der Waals surface area contributed by atoms with Crippen molar-refractivity contribution in [3.05, 3.63) is 0 Å². The van der Waals surface area contributed by atoms with Gasteiger partial charge in [-0.05, 0) is 18.8 Å². The topological polar surface area (TPSA) is 53.6 Å². The van der Waals surface area contributed by atoms with Crippen molar-refractivity contribution < 1.29 is 0 Å². The Kier molecular flexibility index (Phi) is 4.11. The predicted molar refractivity (Wildman–Crippen MR) is 58.7 cm³/mol. The van der Waals surface area contributed by atoms with Crippen LogP contribution in [0, 0.1) is 0 Å². The van der Waals surface area contributed by atoms with Crippen LogP contribution in [0.1, 0.15) is 19.8 Å². The summed E-state index contributed by atoms with van der Waals surface area (Å²) in [4.78, 5) is 2.40. The first-order chi connectivity index (χ1) is 6.22. The number of rotatable bonds is 2. The number of hydrogen-bond acceptors (Lipinski definition) is 3. The van der Waals surface area contributed by atoms with Gasteiger partial charge in [-0.3, -0.25) is 5.43 Å². The van der Waals surface area contributed by atoms with Gasteiger partial charge >= 0.3 is 0 Å². The van der Waals surface area contributed by atoms with Crippen LogP contribution in [-0.2, 0) is 0 Å². The SMILES string of the molecule is CCN1CCC(=NNC(N)=S)CC1. The van der Waals surface area contributed by atoms with Gasteiger partial charge in [-0.25, -0.2) is 0 Å². The first-order valence-electron chi connectivity index (χ1n) is 4.55. The maximum atomic E-state index is 5.27. The minimum Gasteiger partial charge on any atom is -0.375 e. The highest BCUT2D eigenvalue weighted by molar-refractivity contribution is 7.80. The minimum atomic E-state index is 0.241. The molecule has 74 valence electrons. The van der Waals surface area contributed by atoms with E-state index in [4.69, 9.17) is 5.73 Å². The maximum absolute atomic E-state index is 5.27. The molecule has 0 radical (unpaired) electrons. The highest BCUT2D eigenvalue weighted by Gasteiger charge is 2.12. The molecule has 1 heterocycles. The molecule has 1 aliphatic rings. The van der Waals surface area contributed by atoms with E-state index in [1.807, 2.05) is 0 Å². The third-order valence-corrected chi connectivity index (χ3v) is 2.30. The quantitative estimate of drug-likeness (QED) is 0.497. The van der Waals surface area contributed by atoms with E-state index < -0.39 is 0 Å². The van der Waals surface area contributed by atoms with Crippen LogP contribution in [0.25, 0.3) is 0 Å². The van der Waals surface area contributed by atoms with E-state index in [1.54, 1.807) is 0 Å². The maximum Gasteiger partial charge on any atom is 0.184 e. The van der Waals surface area contributed by atoms with Gasteiger partial charge in [-0.1, -0.05) is 6.92 Å². The lowest BCUT2D eigenvalue weighted by molar-refractivity contribution is 0.289. The highest BCUT2D eigenvalue weighted by Crippen LogP contribution is 2.05. The molecular weight excluding hydrogens is 184 g/mol. The number of nitrogens with two attached hydrogens (primary N) is 1. The molecule has 4 nitrogen and oxygen atoms in total. The molecule has 1 rings (SSSR count). The van der Waals surface area contributed by atoms with Gasteiger partial charge in [0, 0.05) is 31.6 Å². The highest BCUT2D eigenvalue weighted by atomic mass is 32.1. The van der Waals surface area contributed by atoms with E-state index >= 15 is 0 Å². The summed E-state index contributed by atoms with van der Waals surface area (Å²) in [5.74, 6) is 0. The van der Waals surface area contributed by atoms with Gasteiger partial charge in [-0.2, -0.15) is 5.10 Å². The average Bonchev–Trinajstić information content (AvgIpc) is 2.15. The molecule has 0 saturated carbocycles. The van der Waals surface area contributed by atoms with Crippen LogP contribution >= 0.6 is 12.2 Å².